The second kappa shape index (κ2) is 10.7. The fraction of sp³-hybridized carbons (Fsp3) is 0.318. The summed E-state index contributed by atoms with van der Waals surface area (Å²) < 4.78 is 46.2. The number of aryl methyl sites for hydroxylation is 1. The van der Waals surface area contributed by atoms with Crippen LogP contribution in [0.2, 0.25) is 0 Å². The molecule has 2 aromatic carbocycles. The van der Waals surface area contributed by atoms with Gasteiger partial charge in [-0.1, -0.05) is 22.9 Å². The summed E-state index contributed by atoms with van der Waals surface area (Å²) in [5.74, 6) is -0.247. The summed E-state index contributed by atoms with van der Waals surface area (Å²) in [4.78, 5) is 0.280. The fourth-order valence-corrected chi connectivity index (χ4v) is 5.75. The zero-order valence-corrected chi connectivity index (χ0v) is 21.2. The van der Waals surface area contributed by atoms with Gasteiger partial charge in [0, 0.05) is 25.3 Å². The topological polar surface area (TPSA) is 133 Å². The van der Waals surface area contributed by atoms with Gasteiger partial charge in [0.1, 0.15) is 5.82 Å². The number of aromatic nitrogens is 2. The minimum atomic E-state index is -3.58. The Kier molecular flexibility index (Phi) is 7.67. The number of piperidine rings is 1. The van der Waals surface area contributed by atoms with E-state index < -0.39 is 15.8 Å². The van der Waals surface area contributed by atoms with E-state index in [1.54, 1.807) is 24.3 Å². The first-order valence-electron chi connectivity index (χ1n) is 10.9. The molecular weight excluding hydrogens is 543 g/mol. The van der Waals surface area contributed by atoms with Gasteiger partial charge in [-0.3, -0.25) is 0 Å². The van der Waals surface area contributed by atoms with E-state index in [-0.39, 0.29) is 32.6 Å². The van der Waals surface area contributed by atoms with Gasteiger partial charge in [-0.15, -0.1) is 0 Å². The van der Waals surface area contributed by atoms with Crippen LogP contribution in [0.3, 0.4) is 0 Å². The molecule has 186 valence electrons. The van der Waals surface area contributed by atoms with Gasteiger partial charge in [0.2, 0.25) is 21.7 Å². The van der Waals surface area contributed by atoms with Crippen molar-refractivity contribution < 1.29 is 22.6 Å². The summed E-state index contributed by atoms with van der Waals surface area (Å²) in [7, 11) is -3.58. The van der Waals surface area contributed by atoms with E-state index in [1.165, 1.54) is 22.5 Å². The van der Waals surface area contributed by atoms with Gasteiger partial charge in [-0.25, -0.2) is 17.4 Å². The van der Waals surface area contributed by atoms with Crippen LogP contribution in [-0.2, 0) is 10.0 Å². The smallest absolute Gasteiger partial charge is 0.243 e. The zero-order chi connectivity index (χ0) is 25.0. The quantitative estimate of drug-likeness (QED) is 0.169. The van der Waals surface area contributed by atoms with Crippen LogP contribution in [0, 0.1) is 18.7 Å². The molecule has 0 amide bonds. The van der Waals surface area contributed by atoms with Crippen LogP contribution in [0.5, 0.6) is 0 Å². The number of rotatable bonds is 7. The first-order chi connectivity index (χ1) is 16.8. The Balaban J connectivity index is 1.41. The number of hydrogen-bond donors (Lipinski definition) is 3. The molecule has 1 saturated heterocycles. The average molecular weight is 567 g/mol. The first-order valence-corrected chi connectivity index (χ1v) is 13.1. The summed E-state index contributed by atoms with van der Waals surface area (Å²) in [5.41, 5.74) is 1.56. The first kappa shape index (κ1) is 25.1. The number of benzene rings is 2. The largest absolute Gasteiger partial charge is 0.409 e. The monoisotopic (exact) mass is 566 g/mol. The van der Waals surface area contributed by atoms with E-state index in [9.17, 15) is 18.0 Å². The van der Waals surface area contributed by atoms with E-state index in [2.05, 4.69) is 42.0 Å². The van der Waals surface area contributed by atoms with Crippen molar-refractivity contribution in [3.63, 3.8) is 0 Å². The molecule has 0 bridgehead atoms. The Bertz CT molecular complexity index is 1320. The van der Waals surface area contributed by atoms with Gasteiger partial charge in [0.15, 0.2) is 5.69 Å². The van der Waals surface area contributed by atoms with Gasteiger partial charge in [-0.2, -0.15) is 4.31 Å². The summed E-state index contributed by atoms with van der Waals surface area (Å²) in [5, 5.41) is 26.3. The molecule has 13 heteroatoms. The number of oxime groups is 1. The number of amidine groups is 1. The molecule has 1 atom stereocenters. The maximum Gasteiger partial charge on any atom is 0.243 e. The van der Waals surface area contributed by atoms with E-state index in [4.69, 9.17) is 4.63 Å². The third kappa shape index (κ3) is 5.80. The highest BCUT2D eigenvalue weighted by molar-refractivity contribution is 9.10. The van der Waals surface area contributed by atoms with Crippen molar-refractivity contribution in [1.29, 1.82) is 0 Å². The summed E-state index contributed by atoms with van der Waals surface area (Å²) >= 11 is 3.10. The highest BCUT2D eigenvalue weighted by Gasteiger charge is 2.30. The van der Waals surface area contributed by atoms with Gasteiger partial charge in [-0.05, 0) is 82.3 Å². The summed E-state index contributed by atoms with van der Waals surface area (Å²) in [6.45, 7) is 3.13. The molecule has 10 nitrogen and oxygen atoms in total. The van der Waals surface area contributed by atoms with Crippen LogP contribution in [0.4, 0.5) is 15.9 Å². The maximum absolute atomic E-state index is 13.5. The van der Waals surface area contributed by atoms with Gasteiger partial charge in [0.25, 0.3) is 0 Å². The standard InChI is InChI=1S/C22H24BrFN6O4S/c1-14-4-7-17(8-5-14)35(32,33)30-10-2-3-15(13-30)12-25-21-20(28-34-29-21)22(27-31)26-16-6-9-19(24)18(23)11-16/h4-9,11,15,31H,2-3,10,12-13H2,1H3,(H,25,29)(H,26,27). The van der Waals surface area contributed by atoms with Crippen LogP contribution in [0.1, 0.15) is 24.1 Å². The maximum atomic E-state index is 13.5. The van der Waals surface area contributed by atoms with Gasteiger partial charge in [0.05, 0.1) is 9.37 Å². The molecule has 2 heterocycles. The lowest BCUT2D eigenvalue weighted by Gasteiger charge is -2.32. The molecule has 1 aliphatic rings. The van der Waals surface area contributed by atoms with Crippen molar-refractivity contribution in [2.75, 3.05) is 30.3 Å². The molecule has 1 unspecified atom stereocenters. The normalized spacial score (nSPS) is 17.3. The highest BCUT2D eigenvalue weighted by Crippen LogP contribution is 2.25. The summed E-state index contributed by atoms with van der Waals surface area (Å²) in [6.07, 6.45) is 1.56. The molecule has 0 spiro atoms. The van der Waals surface area contributed by atoms with Crippen molar-refractivity contribution in [1.82, 2.24) is 14.6 Å². The third-order valence-corrected chi connectivity index (χ3v) is 8.18. The second-order valence-electron chi connectivity index (χ2n) is 8.23. The lowest BCUT2D eigenvalue weighted by atomic mass is 10.00. The number of sulfonamides is 1. The van der Waals surface area contributed by atoms with Crippen LogP contribution >= 0.6 is 15.9 Å². The molecular formula is C22H24BrFN6O4S. The molecule has 35 heavy (non-hydrogen) atoms. The highest BCUT2D eigenvalue weighted by atomic mass is 79.9. The number of hydrogen-bond acceptors (Lipinski definition) is 8. The lowest BCUT2D eigenvalue weighted by molar-refractivity contribution is 0.274. The molecule has 0 radical (unpaired) electrons. The van der Waals surface area contributed by atoms with Crippen molar-refractivity contribution in [3.8, 4) is 0 Å². The number of nitrogens with one attached hydrogen (secondary N) is 2. The van der Waals surface area contributed by atoms with Crippen LogP contribution in [0.15, 0.2) is 61.6 Å². The fourth-order valence-electron chi connectivity index (χ4n) is 3.81. The van der Waals surface area contributed by atoms with Crippen LogP contribution in [0.25, 0.3) is 0 Å². The SMILES string of the molecule is Cc1ccc(S(=O)(=O)N2CCCC(CNc3nonc3/C(=N/O)Nc3ccc(F)c(Br)c3)C2)cc1. The summed E-state index contributed by atoms with van der Waals surface area (Å²) in [6, 6.07) is 11.0. The average Bonchev–Trinajstić information content (AvgIpc) is 3.32. The second-order valence-corrected chi connectivity index (χ2v) is 11.0. The Morgan fingerprint density at radius 2 is 2.06 bits per heavy atom. The molecule has 0 aliphatic carbocycles. The van der Waals surface area contributed by atoms with Crippen molar-refractivity contribution in [3.05, 3.63) is 64.0 Å². The zero-order valence-electron chi connectivity index (χ0n) is 18.8. The van der Waals surface area contributed by atoms with Gasteiger partial charge < -0.3 is 15.8 Å². The Hall–Kier alpha value is -3.03. The lowest BCUT2D eigenvalue weighted by Crippen LogP contribution is -2.41. The minimum Gasteiger partial charge on any atom is -0.409 e. The molecule has 0 saturated carbocycles. The number of halogens is 2. The molecule has 1 aliphatic heterocycles. The third-order valence-electron chi connectivity index (χ3n) is 5.69. The Morgan fingerprint density at radius 3 is 2.77 bits per heavy atom. The van der Waals surface area contributed by atoms with E-state index in [1.807, 2.05) is 6.92 Å². The molecule has 4 rings (SSSR count). The van der Waals surface area contributed by atoms with Crippen molar-refractivity contribution >= 4 is 43.3 Å². The van der Waals surface area contributed by atoms with Crippen LogP contribution in [-0.4, -0.2) is 53.7 Å². The van der Waals surface area contributed by atoms with Crippen molar-refractivity contribution in [2.24, 2.45) is 11.1 Å². The molecule has 3 aromatic rings. The molecule has 1 aromatic heterocycles. The van der Waals surface area contributed by atoms with Crippen molar-refractivity contribution in [2.45, 2.75) is 24.7 Å². The predicted molar refractivity (Wildman–Crippen MR) is 131 cm³/mol. The molecule has 3 N–H and O–H groups in total. The van der Waals surface area contributed by atoms with E-state index >= 15 is 0 Å². The number of nitrogens with zero attached hydrogens (tertiary/aromatic N) is 4. The number of anilines is 2. The Morgan fingerprint density at radius 1 is 1.29 bits per heavy atom. The predicted octanol–water partition coefficient (Wildman–Crippen LogP) is 4.04. The van der Waals surface area contributed by atoms with E-state index in [0.29, 0.717) is 25.3 Å². The van der Waals surface area contributed by atoms with Gasteiger partial charge >= 0.3 is 0 Å². The van der Waals surface area contributed by atoms with E-state index in [0.717, 1.165) is 18.4 Å². The Labute approximate surface area is 210 Å². The minimum absolute atomic E-state index is 0.0176. The molecule has 1 fully saturated rings. The van der Waals surface area contributed by atoms with Crippen LogP contribution < -0.4 is 10.6 Å².